The Balaban J connectivity index is 1.45. The molecular weight excluding hydrogens is 657 g/mol. The molecule has 264 valence electrons. The number of fused-ring (bicyclic) bond motifs is 8. The lowest BCUT2D eigenvalue weighted by Gasteiger charge is -2.32. The Bertz CT molecular complexity index is 2460. The van der Waals surface area contributed by atoms with Crippen molar-refractivity contribution in [1.29, 1.82) is 0 Å². The van der Waals surface area contributed by atoms with Crippen molar-refractivity contribution >= 4 is 46.4 Å². The van der Waals surface area contributed by atoms with Crippen molar-refractivity contribution in [1.82, 2.24) is 19.9 Å². The largest absolute Gasteiger partial charge is 0.355 e. The van der Waals surface area contributed by atoms with Gasteiger partial charge >= 0.3 is 0 Å². The molecule has 0 radical (unpaired) electrons. The third-order valence-electron chi connectivity index (χ3n) is 10.6. The number of rotatable bonds is 10. The molecule has 3 aromatic carbocycles. The normalized spacial score (nSPS) is 12.2. The van der Waals surface area contributed by atoms with Crippen LogP contribution in [0.2, 0.25) is 0 Å². The zero-order valence-corrected chi connectivity index (χ0v) is 31.0. The predicted molar refractivity (Wildman–Crippen MR) is 231 cm³/mol. The van der Waals surface area contributed by atoms with Crippen molar-refractivity contribution in [2.75, 3.05) is 0 Å². The van der Waals surface area contributed by atoms with E-state index >= 15 is 0 Å². The summed E-state index contributed by atoms with van der Waals surface area (Å²) in [4.78, 5) is 18.2. The lowest BCUT2D eigenvalue weighted by Crippen LogP contribution is -2.24. The highest BCUT2D eigenvalue weighted by molar-refractivity contribution is 5.96. The minimum Gasteiger partial charge on any atom is -0.355 e. The van der Waals surface area contributed by atoms with Gasteiger partial charge in [0.05, 0.1) is 22.8 Å². The van der Waals surface area contributed by atoms with Gasteiger partial charge in [-0.25, -0.2) is 9.97 Å². The van der Waals surface area contributed by atoms with E-state index in [1.54, 1.807) is 0 Å². The molecule has 2 N–H and O–H groups in total. The number of allylic oxidation sites excluding steroid dienone is 3. The Kier molecular flexibility index (Phi) is 9.27. The van der Waals surface area contributed by atoms with E-state index in [-0.39, 0.29) is 5.41 Å². The van der Waals surface area contributed by atoms with E-state index in [2.05, 4.69) is 171 Å². The van der Waals surface area contributed by atoms with Crippen molar-refractivity contribution in [2.24, 2.45) is 0 Å². The molecule has 0 unspecified atom stereocenters. The monoisotopic (exact) mass is 700 g/mol. The van der Waals surface area contributed by atoms with Crippen LogP contribution in [0.3, 0.4) is 0 Å². The summed E-state index contributed by atoms with van der Waals surface area (Å²) in [6.45, 7) is 16.5. The van der Waals surface area contributed by atoms with Crippen LogP contribution in [0, 0.1) is 13.8 Å². The summed E-state index contributed by atoms with van der Waals surface area (Å²) in [7, 11) is 0. The number of hydrogen-bond donors (Lipinski definition) is 2. The van der Waals surface area contributed by atoms with Crippen LogP contribution in [-0.2, 0) is 5.41 Å². The van der Waals surface area contributed by atoms with Crippen LogP contribution in [0.5, 0.6) is 0 Å². The van der Waals surface area contributed by atoms with Gasteiger partial charge < -0.3 is 9.97 Å². The van der Waals surface area contributed by atoms with Crippen molar-refractivity contribution in [3.8, 4) is 33.4 Å². The van der Waals surface area contributed by atoms with Crippen LogP contribution < -0.4 is 0 Å². The summed E-state index contributed by atoms with van der Waals surface area (Å²) in [6.07, 6.45) is 17.0. The first-order chi connectivity index (χ1) is 26.4. The number of aryl methyl sites for hydroxylation is 2. The van der Waals surface area contributed by atoms with Gasteiger partial charge in [0, 0.05) is 44.2 Å². The summed E-state index contributed by atoms with van der Waals surface area (Å²) in [6, 6.07) is 37.0. The van der Waals surface area contributed by atoms with Gasteiger partial charge in [0.1, 0.15) is 0 Å². The van der Waals surface area contributed by atoms with Gasteiger partial charge in [-0.3, -0.25) is 0 Å². The molecule has 8 bridgehead atoms. The molecule has 2 aliphatic rings. The summed E-state index contributed by atoms with van der Waals surface area (Å²) < 4.78 is 0. The Labute approximate surface area is 317 Å². The molecule has 54 heavy (non-hydrogen) atoms. The molecule has 0 saturated carbocycles. The molecular formula is C50H44N4. The molecule has 0 saturated heterocycles. The zero-order chi connectivity index (χ0) is 37.2. The van der Waals surface area contributed by atoms with E-state index < -0.39 is 0 Å². The van der Waals surface area contributed by atoms with Crippen LogP contribution in [0.15, 0.2) is 141 Å². The van der Waals surface area contributed by atoms with E-state index in [9.17, 15) is 0 Å². The smallest absolute Gasteiger partial charge is 0.0738 e. The fraction of sp³-hybridized carbons (Fsp3) is 0.120. The molecule has 5 heterocycles. The summed E-state index contributed by atoms with van der Waals surface area (Å²) >= 11 is 0. The van der Waals surface area contributed by atoms with Crippen molar-refractivity contribution < 1.29 is 0 Å². The highest BCUT2D eigenvalue weighted by Gasteiger charge is 2.29. The Morgan fingerprint density at radius 3 is 1.26 bits per heavy atom. The van der Waals surface area contributed by atoms with Gasteiger partial charge in [-0.1, -0.05) is 102 Å². The summed E-state index contributed by atoms with van der Waals surface area (Å²) in [5, 5.41) is 0. The van der Waals surface area contributed by atoms with Crippen LogP contribution in [-0.4, -0.2) is 19.9 Å². The van der Waals surface area contributed by atoms with E-state index in [1.807, 2.05) is 18.2 Å². The number of aromatic nitrogens is 4. The lowest BCUT2D eigenvalue weighted by molar-refractivity contribution is 0.442. The van der Waals surface area contributed by atoms with Gasteiger partial charge in [0.25, 0.3) is 0 Å². The first-order valence-electron chi connectivity index (χ1n) is 18.6. The van der Waals surface area contributed by atoms with Crippen molar-refractivity contribution in [3.63, 3.8) is 0 Å². The van der Waals surface area contributed by atoms with Crippen LogP contribution >= 0.6 is 0 Å². The molecule has 6 aromatic rings. The standard InChI is InChI=1S/C50H44N4/c1-6-29-50(30-7-2,31-8-3)38-19-17-37(18-20-38)49-45-27-25-43(53-45)47(35-13-9-33(4)10-14-35)41-23-21-39(51-41)32-40-22-24-42(52-40)48(44-26-28-46(49)54-44)36-15-11-34(5)12-16-36/h6-28,32,51-52H,1-3,29-31H2,4-5H3. The number of nitrogens with one attached hydrogen (secondary N) is 2. The number of hydrogen-bond acceptors (Lipinski definition) is 2. The van der Waals surface area contributed by atoms with Crippen molar-refractivity contribution in [2.45, 2.75) is 38.5 Å². The molecule has 8 rings (SSSR count). The van der Waals surface area contributed by atoms with Gasteiger partial charge in [-0.15, -0.1) is 19.7 Å². The second kappa shape index (κ2) is 14.5. The molecule has 0 fully saturated rings. The first-order valence-corrected chi connectivity index (χ1v) is 18.6. The topological polar surface area (TPSA) is 57.4 Å². The maximum atomic E-state index is 5.41. The number of aromatic amines is 2. The number of H-pyrrole nitrogens is 2. The van der Waals surface area contributed by atoms with E-state index in [4.69, 9.17) is 9.97 Å². The molecule has 3 aromatic heterocycles. The summed E-state index contributed by atoms with van der Waals surface area (Å²) in [5.41, 5.74) is 17.4. The van der Waals surface area contributed by atoms with Gasteiger partial charge in [0.15, 0.2) is 0 Å². The second-order valence-corrected chi connectivity index (χ2v) is 14.4. The van der Waals surface area contributed by atoms with E-state index in [1.165, 1.54) is 16.7 Å². The Morgan fingerprint density at radius 2 is 0.852 bits per heavy atom. The highest BCUT2D eigenvalue weighted by Crippen LogP contribution is 2.40. The maximum Gasteiger partial charge on any atom is 0.0738 e. The zero-order valence-electron chi connectivity index (χ0n) is 31.0. The average Bonchev–Trinajstić information content (AvgIpc) is 4.01. The van der Waals surface area contributed by atoms with Crippen LogP contribution in [0.4, 0.5) is 0 Å². The highest BCUT2D eigenvalue weighted by atomic mass is 14.8. The molecule has 4 nitrogen and oxygen atoms in total. The second-order valence-electron chi connectivity index (χ2n) is 14.4. The van der Waals surface area contributed by atoms with Gasteiger partial charge in [-0.05, 0) is 110 Å². The minimum atomic E-state index is -0.149. The quantitative estimate of drug-likeness (QED) is 0.140. The molecule has 2 aliphatic heterocycles. The third-order valence-corrected chi connectivity index (χ3v) is 10.6. The van der Waals surface area contributed by atoms with Crippen molar-refractivity contribution in [3.05, 3.63) is 181 Å². The van der Waals surface area contributed by atoms with E-state index in [0.717, 1.165) is 97.5 Å². The number of benzene rings is 3. The maximum absolute atomic E-state index is 5.41. The molecule has 0 spiro atoms. The third kappa shape index (κ3) is 6.52. The fourth-order valence-corrected chi connectivity index (χ4v) is 7.91. The average molecular weight is 701 g/mol. The fourth-order valence-electron chi connectivity index (χ4n) is 7.91. The van der Waals surface area contributed by atoms with Gasteiger partial charge in [0.2, 0.25) is 0 Å². The number of nitrogens with zero attached hydrogens (tertiary/aromatic N) is 2. The molecule has 0 amide bonds. The molecule has 4 heteroatoms. The molecule has 0 atom stereocenters. The summed E-state index contributed by atoms with van der Waals surface area (Å²) in [5.74, 6) is 0. The lowest BCUT2D eigenvalue weighted by atomic mass is 9.72. The Morgan fingerprint density at radius 1 is 0.481 bits per heavy atom. The van der Waals surface area contributed by atoms with Gasteiger partial charge in [-0.2, -0.15) is 0 Å². The first kappa shape index (κ1) is 34.6. The van der Waals surface area contributed by atoms with Crippen LogP contribution in [0.25, 0.3) is 79.8 Å². The van der Waals surface area contributed by atoms with Crippen LogP contribution in [0.1, 0.15) is 58.7 Å². The van der Waals surface area contributed by atoms with E-state index in [0.29, 0.717) is 0 Å². The minimum absolute atomic E-state index is 0.149. The SMILES string of the molecule is C=CCC(CC=C)(CC=C)c1ccc(-c2c3nc(c(-c4ccc(C)cc4)c4ccc(cc5ccc([nH]5)c(-c5ccc(C)cc5)c5nc2C=C5)[nH]4)C=C3)cc1. The molecule has 0 aliphatic carbocycles. The predicted octanol–water partition coefficient (Wildman–Crippen LogP) is 13.2. The Hall–Kier alpha value is -6.52.